The van der Waals surface area contributed by atoms with Crippen molar-refractivity contribution in [3.8, 4) is 34.0 Å². The standard InChI is InChI=1S/C20H11F2N4O2/c21-14-7-4-8-15(22)17(14)20-24-18(12-5-2-1-3-6-12)19(25-20)16-10-9-13(11-23-16)26(27)28/h1-10H,(H,24,25). The largest absolute Gasteiger partial charge is 0.336 e. The van der Waals surface area contributed by atoms with Crippen LogP contribution in [0.25, 0.3) is 34.0 Å². The number of hydrogen-bond acceptors (Lipinski definition) is 4. The fourth-order valence-electron chi connectivity index (χ4n) is 2.80. The lowest BCUT2D eigenvalue weighted by molar-refractivity contribution is -0.385. The van der Waals surface area contributed by atoms with Crippen LogP contribution in [0.2, 0.25) is 0 Å². The third kappa shape index (κ3) is 3.11. The van der Waals surface area contributed by atoms with E-state index < -0.39 is 16.6 Å². The van der Waals surface area contributed by atoms with Gasteiger partial charge in [-0.1, -0.05) is 36.4 Å². The van der Waals surface area contributed by atoms with E-state index in [1.807, 2.05) is 6.07 Å². The van der Waals surface area contributed by atoms with E-state index >= 15 is 0 Å². The molecule has 0 amide bonds. The summed E-state index contributed by atoms with van der Waals surface area (Å²) >= 11 is 0. The average Bonchev–Trinajstić information content (AvgIpc) is 3.13. The minimum absolute atomic E-state index is 0.00962. The molecule has 6 nitrogen and oxygen atoms in total. The van der Waals surface area contributed by atoms with Gasteiger partial charge in [0.05, 0.1) is 27.6 Å². The molecule has 137 valence electrons. The van der Waals surface area contributed by atoms with Gasteiger partial charge in [0.2, 0.25) is 0 Å². The molecule has 0 saturated carbocycles. The van der Waals surface area contributed by atoms with Gasteiger partial charge in [0.15, 0.2) is 6.20 Å². The van der Waals surface area contributed by atoms with Crippen molar-refractivity contribution in [1.82, 2.24) is 15.0 Å². The van der Waals surface area contributed by atoms with Gasteiger partial charge in [-0.3, -0.25) is 10.1 Å². The molecule has 0 spiro atoms. The Morgan fingerprint density at radius 1 is 0.964 bits per heavy atom. The number of aromatic amines is 1. The smallest absolute Gasteiger partial charge is 0.297 e. The second-order valence-corrected chi connectivity index (χ2v) is 5.86. The van der Waals surface area contributed by atoms with E-state index in [2.05, 4.69) is 21.1 Å². The van der Waals surface area contributed by atoms with Crippen LogP contribution in [0.5, 0.6) is 0 Å². The highest BCUT2D eigenvalue weighted by molar-refractivity contribution is 5.80. The van der Waals surface area contributed by atoms with E-state index in [1.165, 1.54) is 18.2 Å². The molecular formula is C20H11F2N4O2. The van der Waals surface area contributed by atoms with Crippen LogP contribution >= 0.6 is 0 Å². The highest BCUT2D eigenvalue weighted by atomic mass is 19.1. The van der Waals surface area contributed by atoms with Gasteiger partial charge in [0.1, 0.15) is 17.5 Å². The Kier molecular flexibility index (Phi) is 4.36. The summed E-state index contributed by atoms with van der Waals surface area (Å²) < 4.78 is 28.5. The van der Waals surface area contributed by atoms with Crippen LogP contribution in [-0.4, -0.2) is 19.9 Å². The Morgan fingerprint density at radius 3 is 2.29 bits per heavy atom. The molecule has 4 aromatic rings. The normalized spacial score (nSPS) is 10.8. The van der Waals surface area contributed by atoms with Crippen molar-refractivity contribution in [2.75, 3.05) is 0 Å². The van der Waals surface area contributed by atoms with Crippen molar-refractivity contribution >= 4 is 5.69 Å². The number of halogens is 2. The predicted octanol–water partition coefficient (Wildman–Crippen LogP) is 4.79. The average molecular weight is 377 g/mol. The van der Waals surface area contributed by atoms with E-state index in [0.717, 1.165) is 12.1 Å². The Balaban J connectivity index is 1.92. The van der Waals surface area contributed by atoms with Crippen molar-refractivity contribution in [3.63, 3.8) is 0 Å². The van der Waals surface area contributed by atoms with Gasteiger partial charge in [-0.15, -0.1) is 0 Å². The first-order chi connectivity index (χ1) is 13.5. The number of aromatic nitrogens is 3. The van der Waals surface area contributed by atoms with Crippen molar-refractivity contribution in [2.24, 2.45) is 0 Å². The van der Waals surface area contributed by atoms with Crippen LogP contribution in [-0.2, 0) is 0 Å². The van der Waals surface area contributed by atoms with Crippen LogP contribution in [0.15, 0.2) is 60.7 Å². The van der Waals surface area contributed by atoms with Gasteiger partial charge in [-0.05, 0) is 18.2 Å². The minimum atomic E-state index is -0.761. The molecule has 28 heavy (non-hydrogen) atoms. The fraction of sp³-hybridized carbons (Fsp3) is 0. The van der Waals surface area contributed by atoms with Crippen LogP contribution in [0, 0.1) is 27.9 Å². The summed E-state index contributed by atoms with van der Waals surface area (Å²) in [4.78, 5) is 21.5. The maximum Gasteiger partial charge on any atom is 0.297 e. The Hall–Kier alpha value is -3.94. The molecule has 0 aliphatic heterocycles. The monoisotopic (exact) mass is 377 g/mol. The van der Waals surface area contributed by atoms with Gasteiger partial charge in [-0.2, -0.15) is 0 Å². The Bertz CT molecular complexity index is 1140. The van der Waals surface area contributed by atoms with Gasteiger partial charge < -0.3 is 4.98 Å². The molecule has 0 aliphatic rings. The van der Waals surface area contributed by atoms with E-state index in [4.69, 9.17) is 0 Å². The molecule has 0 fully saturated rings. The highest BCUT2D eigenvalue weighted by Gasteiger charge is 2.21. The van der Waals surface area contributed by atoms with Crippen molar-refractivity contribution in [3.05, 3.63) is 88.6 Å². The highest BCUT2D eigenvalue weighted by Crippen LogP contribution is 2.34. The van der Waals surface area contributed by atoms with Gasteiger partial charge >= 0.3 is 0 Å². The molecule has 0 atom stereocenters. The SMILES string of the molecule is O=[N+]([O-])c1[c]nc(-c2[nH]c(-c3c(F)cccc3F)nc2-c2ccccc2)cc1. The van der Waals surface area contributed by atoms with Crippen molar-refractivity contribution in [1.29, 1.82) is 0 Å². The molecule has 0 bridgehead atoms. The molecule has 0 aliphatic carbocycles. The van der Waals surface area contributed by atoms with Crippen molar-refractivity contribution < 1.29 is 13.7 Å². The number of benzene rings is 2. The fourth-order valence-corrected chi connectivity index (χ4v) is 2.80. The third-order valence-corrected chi connectivity index (χ3v) is 4.09. The summed E-state index contributed by atoms with van der Waals surface area (Å²) in [6.07, 6.45) is 2.34. The lowest BCUT2D eigenvalue weighted by Gasteiger charge is -2.02. The zero-order valence-corrected chi connectivity index (χ0v) is 14.2. The summed E-state index contributed by atoms with van der Waals surface area (Å²) in [6.45, 7) is 0. The molecule has 0 unspecified atom stereocenters. The lowest BCUT2D eigenvalue weighted by atomic mass is 10.1. The summed E-state index contributed by atoms with van der Waals surface area (Å²) in [7, 11) is 0. The molecular weight excluding hydrogens is 366 g/mol. The Morgan fingerprint density at radius 2 is 1.68 bits per heavy atom. The molecule has 1 radical (unpaired) electrons. The number of imidazole rings is 1. The van der Waals surface area contributed by atoms with Crippen LogP contribution in [0.4, 0.5) is 14.5 Å². The predicted molar refractivity (Wildman–Crippen MR) is 98.1 cm³/mol. The number of hydrogen-bond donors (Lipinski definition) is 1. The zero-order chi connectivity index (χ0) is 19.7. The van der Waals surface area contributed by atoms with Crippen LogP contribution in [0.1, 0.15) is 0 Å². The maximum atomic E-state index is 14.2. The molecule has 4 rings (SSSR count). The number of pyridine rings is 1. The molecule has 0 saturated heterocycles. The first-order valence-electron chi connectivity index (χ1n) is 8.18. The Labute approximate surface area is 157 Å². The second kappa shape index (κ2) is 6.99. The molecule has 2 heterocycles. The maximum absolute atomic E-state index is 14.2. The third-order valence-electron chi connectivity index (χ3n) is 4.09. The van der Waals surface area contributed by atoms with E-state index in [-0.39, 0.29) is 17.1 Å². The van der Waals surface area contributed by atoms with Gasteiger partial charge in [-0.25, -0.2) is 18.7 Å². The lowest BCUT2D eigenvalue weighted by Crippen LogP contribution is -1.92. The molecule has 2 aromatic carbocycles. The number of nitro groups is 1. The first-order valence-corrected chi connectivity index (χ1v) is 8.18. The van der Waals surface area contributed by atoms with Gasteiger partial charge in [0.25, 0.3) is 5.69 Å². The number of rotatable bonds is 4. The summed E-state index contributed by atoms with van der Waals surface area (Å²) in [5.74, 6) is -1.53. The van der Waals surface area contributed by atoms with Crippen molar-refractivity contribution in [2.45, 2.75) is 0 Å². The van der Waals surface area contributed by atoms with E-state index in [9.17, 15) is 18.9 Å². The quantitative estimate of drug-likeness (QED) is 0.409. The molecule has 8 heteroatoms. The number of nitrogens with one attached hydrogen (secondary N) is 1. The van der Waals surface area contributed by atoms with E-state index in [1.54, 1.807) is 24.3 Å². The summed E-state index contributed by atoms with van der Waals surface area (Å²) in [5.41, 5.74) is 1.20. The summed E-state index contributed by atoms with van der Waals surface area (Å²) in [5, 5.41) is 10.8. The summed E-state index contributed by atoms with van der Waals surface area (Å²) in [6, 6.07) is 15.2. The van der Waals surface area contributed by atoms with Gasteiger partial charge in [0, 0.05) is 11.6 Å². The van der Waals surface area contributed by atoms with Crippen LogP contribution in [0.3, 0.4) is 0 Å². The van der Waals surface area contributed by atoms with E-state index in [0.29, 0.717) is 22.6 Å². The topological polar surface area (TPSA) is 84.7 Å². The second-order valence-electron chi connectivity index (χ2n) is 5.86. The zero-order valence-electron chi connectivity index (χ0n) is 14.2. The molecule has 1 N–H and O–H groups in total. The molecule has 2 aromatic heterocycles. The number of H-pyrrole nitrogens is 1. The first kappa shape index (κ1) is 17.5. The van der Waals surface area contributed by atoms with Crippen LogP contribution < -0.4 is 0 Å². The minimum Gasteiger partial charge on any atom is -0.336 e. The number of nitrogens with zero attached hydrogens (tertiary/aromatic N) is 3.